The van der Waals surface area contributed by atoms with Gasteiger partial charge in [-0.15, -0.1) is 11.3 Å². The Labute approximate surface area is 114 Å². The molecule has 18 heavy (non-hydrogen) atoms. The van der Waals surface area contributed by atoms with Gasteiger partial charge in [0.1, 0.15) is 4.88 Å². The van der Waals surface area contributed by atoms with Crippen molar-refractivity contribution in [2.75, 3.05) is 11.1 Å². The van der Waals surface area contributed by atoms with E-state index in [1.54, 1.807) is 18.2 Å². The maximum Gasteiger partial charge on any atom is 0.267 e. The molecule has 4 nitrogen and oxygen atoms in total. The van der Waals surface area contributed by atoms with Crippen LogP contribution in [0, 0.1) is 13.8 Å². The van der Waals surface area contributed by atoms with Gasteiger partial charge in [-0.2, -0.15) is 0 Å². The highest BCUT2D eigenvalue weighted by Crippen LogP contribution is 2.24. The van der Waals surface area contributed by atoms with Crippen molar-refractivity contribution in [1.29, 1.82) is 0 Å². The fourth-order valence-electron chi connectivity index (χ4n) is 1.55. The number of carbonyl (C=O) groups is 1. The number of nitrogens with two attached hydrogens (primary N) is 1. The molecule has 1 heterocycles. The van der Waals surface area contributed by atoms with Crippen LogP contribution in [0.2, 0.25) is 5.02 Å². The lowest BCUT2D eigenvalue weighted by Crippen LogP contribution is -2.11. The van der Waals surface area contributed by atoms with Gasteiger partial charge in [0, 0.05) is 5.69 Å². The second kappa shape index (κ2) is 4.96. The van der Waals surface area contributed by atoms with E-state index < -0.39 is 0 Å². The molecule has 1 aromatic carbocycles. The van der Waals surface area contributed by atoms with E-state index in [2.05, 4.69) is 10.3 Å². The van der Waals surface area contributed by atoms with Gasteiger partial charge >= 0.3 is 0 Å². The lowest BCUT2D eigenvalue weighted by Gasteiger charge is -2.05. The van der Waals surface area contributed by atoms with Crippen molar-refractivity contribution in [3.63, 3.8) is 0 Å². The third-order valence-electron chi connectivity index (χ3n) is 2.36. The molecular weight excluding hydrogens is 270 g/mol. The van der Waals surface area contributed by atoms with E-state index in [0.29, 0.717) is 21.3 Å². The molecule has 0 radical (unpaired) electrons. The number of halogens is 1. The van der Waals surface area contributed by atoms with Crippen molar-refractivity contribution in [3.8, 4) is 0 Å². The number of aryl methyl sites for hydroxylation is 2. The number of nitrogen functional groups attached to an aromatic ring is 1. The Morgan fingerprint density at radius 1 is 1.44 bits per heavy atom. The maximum atomic E-state index is 12.0. The molecule has 0 saturated heterocycles. The normalized spacial score (nSPS) is 10.4. The molecule has 2 aromatic rings. The summed E-state index contributed by atoms with van der Waals surface area (Å²) in [5.74, 6) is -0.181. The van der Waals surface area contributed by atoms with Crippen molar-refractivity contribution in [2.45, 2.75) is 13.8 Å². The van der Waals surface area contributed by atoms with Gasteiger partial charge in [-0.3, -0.25) is 4.79 Å². The molecule has 6 heteroatoms. The first-order valence-electron chi connectivity index (χ1n) is 5.28. The van der Waals surface area contributed by atoms with E-state index in [4.69, 9.17) is 17.3 Å². The van der Waals surface area contributed by atoms with Gasteiger partial charge in [0.05, 0.1) is 21.4 Å². The Bertz CT molecular complexity index is 609. The van der Waals surface area contributed by atoms with Gasteiger partial charge in [-0.1, -0.05) is 11.6 Å². The fraction of sp³-hybridized carbons (Fsp3) is 0.167. The molecule has 0 saturated carbocycles. The molecule has 1 aromatic heterocycles. The molecule has 0 atom stereocenters. The molecule has 0 spiro atoms. The Morgan fingerprint density at radius 3 is 2.72 bits per heavy atom. The Hall–Kier alpha value is -1.59. The van der Waals surface area contributed by atoms with Crippen molar-refractivity contribution in [1.82, 2.24) is 4.98 Å². The van der Waals surface area contributed by atoms with E-state index in [-0.39, 0.29) is 5.91 Å². The van der Waals surface area contributed by atoms with Crippen LogP contribution in [0.1, 0.15) is 20.4 Å². The first kappa shape index (κ1) is 12.9. The Kier molecular flexibility index (Phi) is 3.54. The molecule has 0 aliphatic heterocycles. The topological polar surface area (TPSA) is 68.0 Å². The number of benzene rings is 1. The van der Waals surface area contributed by atoms with E-state index >= 15 is 0 Å². The lowest BCUT2D eigenvalue weighted by molar-refractivity contribution is 0.103. The minimum atomic E-state index is -0.181. The van der Waals surface area contributed by atoms with Gasteiger partial charge in [-0.25, -0.2) is 4.98 Å². The zero-order valence-electron chi connectivity index (χ0n) is 9.95. The molecule has 3 N–H and O–H groups in total. The highest BCUT2D eigenvalue weighted by atomic mass is 35.5. The van der Waals surface area contributed by atoms with Crippen LogP contribution in [0.5, 0.6) is 0 Å². The van der Waals surface area contributed by atoms with Gasteiger partial charge in [0.2, 0.25) is 0 Å². The minimum absolute atomic E-state index is 0.181. The van der Waals surface area contributed by atoms with Crippen LogP contribution in [0.3, 0.4) is 0 Å². The van der Waals surface area contributed by atoms with E-state index in [1.807, 2.05) is 13.8 Å². The SMILES string of the molecule is Cc1nc(C)c(C(=O)Nc2ccc(Cl)c(N)c2)s1. The highest BCUT2D eigenvalue weighted by Gasteiger charge is 2.14. The average Bonchev–Trinajstić information content (AvgIpc) is 2.63. The lowest BCUT2D eigenvalue weighted by atomic mass is 10.2. The van der Waals surface area contributed by atoms with E-state index in [0.717, 1.165) is 10.7 Å². The number of thiazole rings is 1. The molecule has 0 fully saturated rings. The summed E-state index contributed by atoms with van der Waals surface area (Å²) in [6.07, 6.45) is 0. The number of aromatic nitrogens is 1. The number of amides is 1. The zero-order chi connectivity index (χ0) is 13.3. The van der Waals surface area contributed by atoms with Crippen LogP contribution in [0.25, 0.3) is 0 Å². The van der Waals surface area contributed by atoms with Crippen LogP contribution in [-0.4, -0.2) is 10.9 Å². The largest absolute Gasteiger partial charge is 0.397 e. The van der Waals surface area contributed by atoms with Crippen LogP contribution in [0.15, 0.2) is 18.2 Å². The summed E-state index contributed by atoms with van der Waals surface area (Å²) in [6.45, 7) is 3.68. The number of nitrogens with one attached hydrogen (secondary N) is 1. The first-order chi connectivity index (χ1) is 8.47. The predicted octanol–water partition coefficient (Wildman–Crippen LogP) is 3.25. The number of rotatable bonds is 2. The summed E-state index contributed by atoms with van der Waals surface area (Å²) in [6, 6.07) is 4.99. The molecule has 0 aliphatic carbocycles. The minimum Gasteiger partial charge on any atom is -0.397 e. The number of carbonyl (C=O) groups excluding carboxylic acids is 1. The molecule has 1 amide bonds. The van der Waals surface area contributed by atoms with Crippen LogP contribution in [-0.2, 0) is 0 Å². The average molecular weight is 282 g/mol. The van der Waals surface area contributed by atoms with E-state index in [9.17, 15) is 4.79 Å². The van der Waals surface area contributed by atoms with Gasteiger partial charge in [-0.05, 0) is 32.0 Å². The van der Waals surface area contributed by atoms with Crippen LogP contribution < -0.4 is 11.1 Å². The van der Waals surface area contributed by atoms with Crippen molar-refractivity contribution in [3.05, 3.63) is 38.8 Å². The molecule has 0 bridgehead atoms. The van der Waals surface area contributed by atoms with Gasteiger partial charge in [0.15, 0.2) is 0 Å². The van der Waals surface area contributed by atoms with Gasteiger partial charge in [0.25, 0.3) is 5.91 Å². The summed E-state index contributed by atoms with van der Waals surface area (Å²) in [4.78, 5) is 16.9. The number of anilines is 2. The third-order valence-corrected chi connectivity index (χ3v) is 3.78. The monoisotopic (exact) mass is 281 g/mol. The van der Waals surface area contributed by atoms with Crippen molar-refractivity contribution in [2.24, 2.45) is 0 Å². The molecule has 2 rings (SSSR count). The second-order valence-corrected chi connectivity index (χ2v) is 5.45. The molecule has 94 valence electrons. The van der Waals surface area contributed by atoms with Crippen molar-refractivity contribution >= 4 is 40.2 Å². The molecular formula is C12H12ClN3OS. The van der Waals surface area contributed by atoms with Crippen LogP contribution in [0.4, 0.5) is 11.4 Å². The predicted molar refractivity (Wildman–Crippen MR) is 75.4 cm³/mol. The smallest absolute Gasteiger partial charge is 0.267 e. The summed E-state index contributed by atoms with van der Waals surface area (Å²) >= 11 is 7.19. The maximum absolute atomic E-state index is 12.0. The second-order valence-electron chi connectivity index (χ2n) is 3.84. The van der Waals surface area contributed by atoms with Gasteiger partial charge < -0.3 is 11.1 Å². The summed E-state index contributed by atoms with van der Waals surface area (Å²) < 4.78 is 0. The van der Waals surface area contributed by atoms with Crippen LogP contribution >= 0.6 is 22.9 Å². The molecule has 0 aliphatic rings. The van der Waals surface area contributed by atoms with E-state index in [1.165, 1.54) is 11.3 Å². The first-order valence-corrected chi connectivity index (χ1v) is 6.47. The fourth-order valence-corrected chi connectivity index (χ4v) is 2.48. The number of nitrogens with zero attached hydrogens (tertiary/aromatic N) is 1. The highest BCUT2D eigenvalue weighted by molar-refractivity contribution is 7.13. The zero-order valence-corrected chi connectivity index (χ0v) is 11.5. The number of hydrogen-bond donors (Lipinski definition) is 2. The Balaban J connectivity index is 2.21. The van der Waals surface area contributed by atoms with Crippen molar-refractivity contribution < 1.29 is 4.79 Å². The summed E-state index contributed by atoms with van der Waals surface area (Å²) in [5, 5.41) is 4.11. The Morgan fingerprint density at radius 2 is 2.17 bits per heavy atom. The summed E-state index contributed by atoms with van der Waals surface area (Å²) in [5.41, 5.74) is 7.46. The summed E-state index contributed by atoms with van der Waals surface area (Å²) in [7, 11) is 0. The molecule has 0 unspecified atom stereocenters. The standard InChI is InChI=1S/C12H12ClN3OS/c1-6-11(18-7(2)15-6)12(17)16-8-3-4-9(13)10(14)5-8/h3-5H,14H2,1-2H3,(H,16,17). The number of hydrogen-bond acceptors (Lipinski definition) is 4. The third kappa shape index (κ3) is 2.63. The quantitative estimate of drug-likeness (QED) is 0.830.